The zero-order valence-corrected chi connectivity index (χ0v) is 12.2. The van der Waals surface area contributed by atoms with Gasteiger partial charge in [-0.2, -0.15) is 0 Å². The van der Waals surface area contributed by atoms with E-state index < -0.39 is 0 Å². The van der Waals surface area contributed by atoms with E-state index in [0.29, 0.717) is 5.84 Å². The number of nitrogens with zero attached hydrogens (tertiary/aromatic N) is 1. The SMILES string of the molecule is NC(CCl)=Nc1ccc(-c2cccc3ccccc23)cc1. The monoisotopic (exact) mass is 294 g/mol. The first-order valence-corrected chi connectivity index (χ1v) is 7.28. The van der Waals surface area contributed by atoms with Crippen molar-refractivity contribution < 1.29 is 0 Å². The summed E-state index contributed by atoms with van der Waals surface area (Å²) in [7, 11) is 0. The number of aliphatic imine (C=N–C) groups is 1. The molecule has 3 heteroatoms. The molecule has 2 nitrogen and oxygen atoms in total. The fraction of sp³-hybridized carbons (Fsp3) is 0.0556. The molecule has 0 bridgehead atoms. The van der Waals surface area contributed by atoms with Crippen LogP contribution in [-0.2, 0) is 0 Å². The van der Waals surface area contributed by atoms with Crippen molar-refractivity contribution in [2.75, 3.05) is 5.88 Å². The van der Waals surface area contributed by atoms with Gasteiger partial charge in [0, 0.05) is 0 Å². The third-order valence-corrected chi connectivity index (χ3v) is 3.65. The minimum absolute atomic E-state index is 0.241. The minimum Gasteiger partial charge on any atom is -0.386 e. The van der Waals surface area contributed by atoms with Crippen molar-refractivity contribution in [2.24, 2.45) is 10.7 Å². The van der Waals surface area contributed by atoms with Gasteiger partial charge in [-0.25, -0.2) is 4.99 Å². The second-order valence-corrected chi connectivity index (χ2v) is 5.08. The highest BCUT2D eigenvalue weighted by molar-refractivity contribution is 6.28. The van der Waals surface area contributed by atoms with E-state index in [4.69, 9.17) is 17.3 Å². The number of nitrogens with two attached hydrogens (primary N) is 1. The summed E-state index contributed by atoms with van der Waals surface area (Å²) in [6.45, 7) is 0. The molecule has 21 heavy (non-hydrogen) atoms. The maximum absolute atomic E-state index is 5.65. The lowest BCUT2D eigenvalue weighted by atomic mass is 9.98. The Kier molecular flexibility index (Phi) is 3.89. The first kappa shape index (κ1) is 13.7. The number of halogens is 1. The highest BCUT2D eigenvalue weighted by Gasteiger charge is 2.03. The molecule has 0 aliphatic carbocycles. The summed E-state index contributed by atoms with van der Waals surface area (Å²) in [6.07, 6.45) is 0. The smallest absolute Gasteiger partial charge is 0.115 e. The van der Waals surface area contributed by atoms with Gasteiger partial charge in [0.05, 0.1) is 11.6 Å². The number of benzene rings is 3. The van der Waals surface area contributed by atoms with Crippen molar-refractivity contribution in [1.82, 2.24) is 0 Å². The van der Waals surface area contributed by atoms with Gasteiger partial charge in [-0.15, -0.1) is 11.6 Å². The Labute approximate surface area is 128 Å². The van der Waals surface area contributed by atoms with Gasteiger partial charge in [0.2, 0.25) is 0 Å². The molecule has 0 spiro atoms. The summed E-state index contributed by atoms with van der Waals surface area (Å²) in [6, 6.07) is 22.7. The highest BCUT2D eigenvalue weighted by atomic mass is 35.5. The van der Waals surface area contributed by atoms with Crippen molar-refractivity contribution in [3.05, 3.63) is 66.7 Å². The topological polar surface area (TPSA) is 38.4 Å². The normalized spacial score (nSPS) is 11.8. The number of rotatable bonds is 3. The van der Waals surface area contributed by atoms with E-state index in [0.717, 1.165) is 11.3 Å². The Balaban J connectivity index is 2.04. The number of amidine groups is 1. The molecule has 0 saturated heterocycles. The number of hydrogen-bond acceptors (Lipinski definition) is 1. The standard InChI is InChI=1S/C18H15ClN2/c19-12-18(20)21-15-10-8-14(9-11-15)17-7-3-5-13-4-1-2-6-16(13)17/h1-11H,12H2,(H2,20,21). The van der Waals surface area contributed by atoms with Gasteiger partial charge in [0.1, 0.15) is 5.84 Å². The fourth-order valence-electron chi connectivity index (χ4n) is 2.39. The molecule has 0 unspecified atom stereocenters. The van der Waals surface area contributed by atoms with Crippen molar-refractivity contribution in [3.8, 4) is 11.1 Å². The molecule has 0 fully saturated rings. The summed E-state index contributed by atoms with van der Waals surface area (Å²) in [5.41, 5.74) is 8.84. The lowest BCUT2D eigenvalue weighted by Crippen LogP contribution is -2.12. The Morgan fingerprint density at radius 3 is 2.38 bits per heavy atom. The van der Waals surface area contributed by atoms with Gasteiger partial charge < -0.3 is 5.73 Å². The second kappa shape index (κ2) is 5.98. The molecule has 2 N–H and O–H groups in total. The van der Waals surface area contributed by atoms with Crippen LogP contribution >= 0.6 is 11.6 Å². The van der Waals surface area contributed by atoms with Crippen LogP contribution in [0.15, 0.2) is 71.7 Å². The van der Waals surface area contributed by atoms with Crippen molar-refractivity contribution in [2.45, 2.75) is 0 Å². The summed E-state index contributed by atoms with van der Waals surface area (Å²) < 4.78 is 0. The summed E-state index contributed by atoms with van der Waals surface area (Å²) >= 11 is 5.64. The van der Waals surface area contributed by atoms with Crippen LogP contribution in [0.5, 0.6) is 0 Å². The van der Waals surface area contributed by atoms with Gasteiger partial charge in [0.15, 0.2) is 0 Å². The van der Waals surface area contributed by atoms with E-state index in [2.05, 4.69) is 59.6 Å². The van der Waals surface area contributed by atoms with Crippen LogP contribution in [0.25, 0.3) is 21.9 Å². The van der Waals surface area contributed by atoms with Gasteiger partial charge in [-0.05, 0) is 34.0 Å². The average Bonchev–Trinajstić information content (AvgIpc) is 2.55. The Morgan fingerprint density at radius 1 is 0.905 bits per heavy atom. The number of alkyl halides is 1. The van der Waals surface area contributed by atoms with Crippen molar-refractivity contribution in [3.63, 3.8) is 0 Å². The molecule has 0 saturated carbocycles. The first-order chi connectivity index (χ1) is 10.3. The van der Waals surface area contributed by atoms with Crippen LogP contribution in [-0.4, -0.2) is 11.7 Å². The largest absolute Gasteiger partial charge is 0.386 e. The molecule has 0 atom stereocenters. The van der Waals surface area contributed by atoms with Crippen LogP contribution in [0.4, 0.5) is 5.69 Å². The zero-order chi connectivity index (χ0) is 14.7. The van der Waals surface area contributed by atoms with Crippen LogP contribution in [0.3, 0.4) is 0 Å². The fourth-order valence-corrected chi connectivity index (χ4v) is 2.45. The van der Waals surface area contributed by atoms with E-state index in [1.54, 1.807) is 0 Å². The van der Waals surface area contributed by atoms with E-state index in [1.165, 1.54) is 16.3 Å². The Bertz CT molecular complexity index is 786. The molecule has 0 amide bonds. The zero-order valence-electron chi connectivity index (χ0n) is 11.5. The van der Waals surface area contributed by atoms with Crippen LogP contribution in [0, 0.1) is 0 Å². The molecular weight excluding hydrogens is 280 g/mol. The molecule has 0 aromatic heterocycles. The third kappa shape index (κ3) is 2.91. The minimum atomic E-state index is 0.241. The maximum atomic E-state index is 5.65. The Hall–Kier alpha value is -2.32. The predicted molar refractivity (Wildman–Crippen MR) is 91.4 cm³/mol. The molecule has 3 aromatic rings. The second-order valence-electron chi connectivity index (χ2n) is 4.81. The van der Waals surface area contributed by atoms with Gasteiger partial charge in [0.25, 0.3) is 0 Å². The van der Waals surface area contributed by atoms with Crippen LogP contribution in [0.1, 0.15) is 0 Å². The highest BCUT2D eigenvalue weighted by Crippen LogP contribution is 2.29. The molecule has 104 valence electrons. The quantitative estimate of drug-likeness (QED) is 0.423. The van der Waals surface area contributed by atoms with E-state index in [-0.39, 0.29) is 5.88 Å². The van der Waals surface area contributed by atoms with Gasteiger partial charge in [-0.3, -0.25) is 0 Å². The van der Waals surface area contributed by atoms with Crippen molar-refractivity contribution in [1.29, 1.82) is 0 Å². The molecular formula is C18H15ClN2. The summed E-state index contributed by atoms with van der Waals surface area (Å²) in [4.78, 5) is 4.24. The first-order valence-electron chi connectivity index (χ1n) is 6.75. The molecule has 3 rings (SSSR count). The van der Waals surface area contributed by atoms with E-state index in [9.17, 15) is 0 Å². The third-order valence-electron chi connectivity index (χ3n) is 3.38. The molecule has 0 radical (unpaired) electrons. The average molecular weight is 295 g/mol. The summed E-state index contributed by atoms with van der Waals surface area (Å²) in [5.74, 6) is 0.667. The maximum Gasteiger partial charge on any atom is 0.115 e. The van der Waals surface area contributed by atoms with E-state index >= 15 is 0 Å². The van der Waals surface area contributed by atoms with E-state index in [1.807, 2.05) is 12.1 Å². The number of fused-ring (bicyclic) bond motifs is 1. The lowest BCUT2D eigenvalue weighted by Gasteiger charge is -2.07. The molecule has 0 heterocycles. The molecule has 3 aromatic carbocycles. The molecule has 0 aliphatic rings. The van der Waals surface area contributed by atoms with Crippen LogP contribution in [0.2, 0.25) is 0 Å². The van der Waals surface area contributed by atoms with Crippen LogP contribution < -0.4 is 5.73 Å². The molecule has 0 aliphatic heterocycles. The predicted octanol–water partition coefficient (Wildman–Crippen LogP) is 4.73. The van der Waals surface area contributed by atoms with Crippen molar-refractivity contribution >= 4 is 33.9 Å². The van der Waals surface area contributed by atoms with Gasteiger partial charge >= 0.3 is 0 Å². The van der Waals surface area contributed by atoms with Gasteiger partial charge in [-0.1, -0.05) is 54.6 Å². The summed E-state index contributed by atoms with van der Waals surface area (Å²) in [5, 5.41) is 2.49. The number of hydrogen-bond donors (Lipinski definition) is 1. The Morgan fingerprint density at radius 2 is 1.62 bits per heavy atom. The lowest BCUT2D eigenvalue weighted by molar-refractivity contribution is 1.45.